The number of halogens is 1. The number of anilines is 1. The second-order valence-corrected chi connectivity index (χ2v) is 5.93. The number of nitrogens with one attached hydrogen (secondary N) is 2. The van der Waals surface area contributed by atoms with Crippen molar-refractivity contribution < 1.29 is 4.74 Å². The van der Waals surface area contributed by atoms with E-state index in [0.717, 1.165) is 21.5 Å². The van der Waals surface area contributed by atoms with Crippen LogP contribution < -0.4 is 15.4 Å². The highest BCUT2D eigenvalue weighted by Gasteiger charge is 2.07. The number of rotatable bonds is 4. The zero-order valence-electron chi connectivity index (χ0n) is 11.9. The minimum Gasteiger partial charge on any atom is -0.497 e. The van der Waals surface area contributed by atoms with Crippen molar-refractivity contribution in [3.05, 3.63) is 58.6 Å². The topological polar surface area (TPSA) is 33.3 Å². The van der Waals surface area contributed by atoms with Crippen LogP contribution in [0.25, 0.3) is 0 Å². The van der Waals surface area contributed by atoms with Crippen molar-refractivity contribution in [3.63, 3.8) is 0 Å². The standard InChI is InChI=1S/C16H17BrN2OS/c1-11(12-6-8-15(20-2)9-7-12)18-16(21)19-14-5-3-4-13(17)10-14/h3-11H,1-2H3,(H2,18,19,21)/t11-/m0/s1. The first kappa shape index (κ1) is 15.8. The molecule has 0 aliphatic heterocycles. The summed E-state index contributed by atoms with van der Waals surface area (Å²) in [5.74, 6) is 0.848. The molecule has 21 heavy (non-hydrogen) atoms. The molecule has 2 N–H and O–H groups in total. The van der Waals surface area contributed by atoms with Gasteiger partial charge in [-0.1, -0.05) is 34.1 Å². The molecule has 2 rings (SSSR count). The van der Waals surface area contributed by atoms with Gasteiger partial charge in [-0.05, 0) is 55.0 Å². The lowest BCUT2D eigenvalue weighted by atomic mass is 10.1. The van der Waals surface area contributed by atoms with Crippen molar-refractivity contribution in [1.82, 2.24) is 5.32 Å². The van der Waals surface area contributed by atoms with Gasteiger partial charge >= 0.3 is 0 Å². The van der Waals surface area contributed by atoms with E-state index in [4.69, 9.17) is 17.0 Å². The van der Waals surface area contributed by atoms with Crippen molar-refractivity contribution in [2.45, 2.75) is 13.0 Å². The second kappa shape index (κ2) is 7.43. The van der Waals surface area contributed by atoms with E-state index in [9.17, 15) is 0 Å². The van der Waals surface area contributed by atoms with Crippen molar-refractivity contribution in [2.24, 2.45) is 0 Å². The van der Waals surface area contributed by atoms with Gasteiger partial charge in [-0.15, -0.1) is 0 Å². The molecule has 0 unspecified atom stereocenters. The Kier molecular flexibility index (Phi) is 5.59. The van der Waals surface area contributed by atoms with E-state index in [1.807, 2.05) is 48.5 Å². The number of hydrogen-bond acceptors (Lipinski definition) is 2. The summed E-state index contributed by atoms with van der Waals surface area (Å²) in [6.07, 6.45) is 0. The molecular weight excluding hydrogens is 348 g/mol. The number of hydrogen-bond donors (Lipinski definition) is 2. The summed E-state index contributed by atoms with van der Waals surface area (Å²) in [5.41, 5.74) is 2.10. The molecule has 2 aromatic carbocycles. The third-order valence-corrected chi connectivity index (χ3v) is 3.76. The van der Waals surface area contributed by atoms with Crippen LogP contribution in [0.1, 0.15) is 18.5 Å². The van der Waals surface area contributed by atoms with Crippen molar-refractivity contribution in [3.8, 4) is 5.75 Å². The number of benzene rings is 2. The highest BCUT2D eigenvalue weighted by molar-refractivity contribution is 9.10. The van der Waals surface area contributed by atoms with Gasteiger partial charge in [0.1, 0.15) is 5.75 Å². The first-order valence-electron chi connectivity index (χ1n) is 6.55. The van der Waals surface area contributed by atoms with Gasteiger partial charge in [0, 0.05) is 10.2 Å². The van der Waals surface area contributed by atoms with E-state index in [1.54, 1.807) is 7.11 Å². The first-order chi connectivity index (χ1) is 10.1. The summed E-state index contributed by atoms with van der Waals surface area (Å²) >= 11 is 8.78. The lowest BCUT2D eigenvalue weighted by Gasteiger charge is -2.17. The predicted octanol–water partition coefficient (Wildman–Crippen LogP) is 4.51. The largest absolute Gasteiger partial charge is 0.497 e. The Morgan fingerprint density at radius 1 is 1.19 bits per heavy atom. The molecule has 0 radical (unpaired) electrons. The van der Waals surface area contributed by atoms with Gasteiger partial charge in [0.05, 0.1) is 13.2 Å². The fraction of sp³-hybridized carbons (Fsp3) is 0.188. The molecule has 0 saturated carbocycles. The van der Waals surface area contributed by atoms with Gasteiger partial charge < -0.3 is 15.4 Å². The van der Waals surface area contributed by atoms with Crippen molar-refractivity contribution in [2.75, 3.05) is 12.4 Å². The number of ether oxygens (including phenoxy) is 1. The molecule has 0 saturated heterocycles. The minimum absolute atomic E-state index is 0.114. The van der Waals surface area contributed by atoms with Gasteiger partial charge in [-0.3, -0.25) is 0 Å². The molecule has 0 aliphatic carbocycles. The van der Waals surface area contributed by atoms with Gasteiger partial charge in [-0.2, -0.15) is 0 Å². The third-order valence-electron chi connectivity index (χ3n) is 3.05. The van der Waals surface area contributed by atoms with Crippen LogP contribution in [0.4, 0.5) is 5.69 Å². The Morgan fingerprint density at radius 3 is 2.52 bits per heavy atom. The predicted molar refractivity (Wildman–Crippen MR) is 94.9 cm³/mol. The van der Waals surface area contributed by atoms with Gasteiger partial charge in [0.25, 0.3) is 0 Å². The second-order valence-electron chi connectivity index (χ2n) is 4.60. The van der Waals surface area contributed by atoms with Crippen LogP contribution in [0.5, 0.6) is 5.75 Å². The van der Waals surface area contributed by atoms with E-state index in [0.29, 0.717) is 5.11 Å². The van der Waals surface area contributed by atoms with Gasteiger partial charge in [0.15, 0.2) is 5.11 Å². The van der Waals surface area contributed by atoms with E-state index in [1.165, 1.54) is 0 Å². The lowest BCUT2D eigenvalue weighted by Crippen LogP contribution is -2.30. The summed E-state index contributed by atoms with van der Waals surface area (Å²) in [6, 6.07) is 15.9. The summed E-state index contributed by atoms with van der Waals surface area (Å²) in [6.45, 7) is 2.07. The van der Waals surface area contributed by atoms with Gasteiger partial charge in [0.2, 0.25) is 0 Å². The SMILES string of the molecule is COc1ccc([C@H](C)NC(=S)Nc2cccc(Br)c2)cc1. The van der Waals surface area contributed by atoms with E-state index >= 15 is 0 Å². The van der Waals surface area contributed by atoms with Crippen LogP contribution in [-0.4, -0.2) is 12.2 Å². The molecule has 2 aromatic rings. The normalized spacial score (nSPS) is 11.6. The Labute approximate surface area is 138 Å². The fourth-order valence-electron chi connectivity index (χ4n) is 1.91. The highest BCUT2D eigenvalue weighted by Crippen LogP contribution is 2.18. The molecular formula is C16H17BrN2OS. The molecule has 0 spiro atoms. The minimum atomic E-state index is 0.114. The maximum Gasteiger partial charge on any atom is 0.171 e. The number of methoxy groups -OCH3 is 1. The summed E-state index contributed by atoms with van der Waals surface area (Å²) in [5, 5.41) is 7.03. The Balaban J connectivity index is 1.95. The molecule has 1 atom stereocenters. The average Bonchev–Trinajstić information content (AvgIpc) is 2.47. The van der Waals surface area contributed by atoms with Crippen LogP contribution in [0.3, 0.4) is 0 Å². The van der Waals surface area contributed by atoms with Crippen molar-refractivity contribution >= 4 is 38.9 Å². The molecule has 110 valence electrons. The summed E-state index contributed by atoms with van der Waals surface area (Å²) < 4.78 is 6.17. The van der Waals surface area contributed by atoms with Crippen LogP contribution in [0, 0.1) is 0 Å². The molecule has 0 heterocycles. The summed E-state index contributed by atoms with van der Waals surface area (Å²) in [4.78, 5) is 0. The molecule has 0 aliphatic rings. The van der Waals surface area contributed by atoms with Crippen LogP contribution in [-0.2, 0) is 0 Å². The molecule has 3 nitrogen and oxygen atoms in total. The van der Waals surface area contributed by atoms with Crippen LogP contribution >= 0.6 is 28.1 Å². The maximum atomic E-state index is 5.34. The zero-order valence-corrected chi connectivity index (χ0v) is 14.3. The average molecular weight is 365 g/mol. The smallest absolute Gasteiger partial charge is 0.171 e. The summed E-state index contributed by atoms with van der Waals surface area (Å²) in [7, 11) is 1.66. The van der Waals surface area contributed by atoms with Crippen molar-refractivity contribution in [1.29, 1.82) is 0 Å². The molecule has 0 amide bonds. The third kappa shape index (κ3) is 4.72. The molecule has 0 bridgehead atoms. The zero-order chi connectivity index (χ0) is 15.2. The highest BCUT2D eigenvalue weighted by atomic mass is 79.9. The molecule has 0 aromatic heterocycles. The Bertz CT molecular complexity index is 616. The maximum absolute atomic E-state index is 5.34. The first-order valence-corrected chi connectivity index (χ1v) is 7.75. The monoisotopic (exact) mass is 364 g/mol. The van der Waals surface area contributed by atoms with Crippen LogP contribution in [0.15, 0.2) is 53.0 Å². The Hall–Kier alpha value is -1.59. The van der Waals surface area contributed by atoms with Crippen LogP contribution in [0.2, 0.25) is 0 Å². The Morgan fingerprint density at radius 2 is 1.90 bits per heavy atom. The van der Waals surface area contributed by atoms with E-state index < -0.39 is 0 Å². The lowest BCUT2D eigenvalue weighted by molar-refractivity contribution is 0.414. The molecule has 0 fully saturated rings. The van der Waals surface area contributed by atoms with E-state index in [2.05, 4.69) is 33.5 Å². The fourth-order valence-corrected chi connectivity index (χ4v) is 2.60. The number of thiocarbonyl (C=S) groups is 1. The quantitative estimate of drug-likeness (QED) is 0.782. The van der Waals surface area contributed by atoms with Gasteiger partial charge in [-0.25, -0.2) is 0 Å². The molecule has 5 heteroatoms. The van der Waals surface area contributed by atoms with E-state index in [-0.39, 0.29) is 6.04 Å².